The standard InChI is InChI=1S/C18H22N2O2/c1-13-16(18(21)20(2)15-11-7-4-8-12-15)19-17(22-13)14-9-5-3-6-10-14/h3,5-6,9-10,15H,4,7-8,11-12H2,1-2H3. The van der Waals surface area contributed by atoms with Gasteiger partial charge in [0.25, 0.3) is 5.91 Å². The summed E-state index contributed by atoms with van der Waals surface area (Å²) in [6.07, 6.45) is 5.86. The molecular formula is C18H22N2O2. The van der Waals surface area contributed by atoms with Crippen LogP contribution in [0.3, 0.4) is 0 Å². The second-order valence-corrected chi connectivity index (χ2v) is 6.00. The summed E-state index contributed by atoms with van der Waals surface area (Å²) in [7, 11) is 1.88. The Balaban J connectivity index is 1.82. The predicted octanol–water partition coefficient (Wildman–Crippen LogP) is 4.05. The number of hydrogen-bond donors (Lipinski definition) is 0. The minimum atomic E-state index is -0.0321. The van der Waals surface area contributed by atoms with Crippen LogP contribution in [-0.4, -0.2) is 28.9 Å². The van der Waals surface area contributed by atoms with Gasteiger partial charge in [0.15, 0.2) is 5.69 Å². The SMILES string of the molecule is Cc1oc(-c2ccccc2)nc1C(=O)N(C)C1CCCCC1. The number of oxazole rings is 1. The molecule has 0 radical (unpaired) electrons. The molecule has 0 aliphatic heterocycles. The fraction of sp³-hybridized carbons (Fsp3) is 0.444. The monoisotopic (exact) mass is 298 g/mol. The molecule has 4 nitrogen and oxygen atoms in total. The van der Waals surface area contributed by atoms with Crippen molar-refractivity contribution in [3.63, 3.8) is 0 Å². The lowest BCUT2D eigenvalue weighted by Crippen LogP contribution is -2.38. The molecule has 22 heavy (non-hydrogen) atoms. The number of aryl methyl sites for hydroxylation is 1. The van der Waals surface area contributed by atoms with E-state index in [1.165, 1.54) is 19.3 Å². The van der Waals surface area contributed by atoms with E-state index in [2.05, 4.69) is 4.98 Å². The van der Waals surface area contributed by atoms with Gasteiger partial charge in [-0.25, -0.2) is 4.98 Å². The van der Waals surface area contributed by atoms with Crippen LogP contribution in [0.5, 0.6) is 0 Å². The highest BCUT2D eigenvalue weighted by Crippen LogP contribution is 2.25. The maximum absolute atomic E-state index is 12.7. The molecule has 1 fully saturated rings. The summed E-state index contributed by atoms with van der Waals surface area (Å²) in [6, 6.07) is 10.0. The molecule has 3 rings (SSSR count). The van der Waals surface area contributed by atoms with Gasteiger partial charge in [-0.2, -0.15) is 0 Å². The molecule has 1 heterocycles. The van der Waals surface area contributed by atoms with E-state index in [-0.39, 0.29) is 5.91 Å². The molecule has 0 saturated heterocycles. The number of aromatic nitrogens is 1. The van der Waals surface area contributed by atoms with E-state index in [9.17, 15) is 4.79 Å². The lowest BCUT2D eigenvalue weighted by molar-refractivity contribution is 0.0689. The Kier molecular flexibility index (Phi) is 4.27. The predicted molar refractivity (Wildman–Crippen MR) is 85.6 cm³/mol. The molecular weight excluding hydrogens is 276 g/mol. The van der Waals surface area contributed by atoms with E-state index in [0.29, 0.717) is 23.4 Å². The van der Waals surface area contributed by atoms with Crippen LogP contribution in [0.15, 0.2) is 34.7 Å². The summed E-state index contributed by atoms with van der Waals surface area (Å²) >= 11 is 0. The van der Waals surface area contributed by atoms with Crippen LogP contribution >= 0.6 is 0 Å². The van der Waals surface area contributed by atoms with Crippen molar-refractivity contribution in [3.05, 3.63) is 41.8 Å². The number of hydrogen-bond acceptors (Lipinski definition) is 3. The molecule has 1 aliphatic rings. The normalized spacial score (nSPS) is 15.7. The number of rotatable bonds is 3. The Morgan fingerprint density at radius 2 is 1.86 bits per heavy atom. The largest absolute Gasteiger partial charge is 0.441 e. The molecule has 1 aliphatic carbocycles. The van der Waals surface area contributed by atoms with Gasteiger partial charge in [0.05, 0.1) is 0 Å². The molecule has 116 valence electrons. The highest BCUT2D eigenvalue weighted by molar-refractivity contribution is 5.93. The minimum Gasteiger partial charge on any atom is -0.441 e. The van der Waals surface area contributed by atoms with Gasteiger partial charge < -0.3 is 9.32 Å². The van der Waals surface area contributed by atoms with Gasteiger partial charge in [0.1, 0.15) is 5.76 Å². The van der Waals surface area contributed by atoms with Gasteiger partial charge in [0.2, 0.25) is 5.89 Å². The van der Waals surface area contributed by atoms with E-state index in [4.69, 9.17) is 4.42 Å². The molecule has 0 spiro atoms. The smallest absolute Gasteiger partial charge is 0.276 e. The van der Waals surface area contributed by atoms with E-state index >= 15 is 0 Å². The molecule has 0 bridgehead atoms. The van der Waals surface area contributed by atoms with Gasteiger partial charge in [0, 0.05) is 18.7 Å². The molecule has 1 saturated carbocycles. The van der Waals surface area contributed by atoms with Crippen LogP contribution in [0.2, 0.25) is 0 Å². The van der Waals surface area contributed by atoms with Crippen LogP contribution in [0.25, 0.3) is 11.5 Å². The first kappa shape index (κ1) is 14.8. The zero-order chi connectivity index (χ0) is 15.5. The average molecular weight is 298 g/mol. The van der Waals surface area contributed by atoms with Gasteiger partial charge >= 0.3 is 0 Å². The maximum Gasteiger partial charge on any atom is 0.276 e. The topological polar surface area (TPSA) is 46.3 Å². The molecule has 1 amide bonds. The quantitative estimate of drug-likeness (QED) is 0.858. The van der Waals surface area contributed by atoms with Crippen LogP contribution in [-0.2, 0) is 0 Å². The third-order valence-corrected chi connectivity index (χ3v) is 4.46. The fourth-order valence-corrected chi connectivity index (χ4v) is 3.10. The van der Waals surface area contributed by atoms with Crippen molar-refractivity contribution in [2.45, 2.75) is 45.1 Å². The van der Waals surface area contributed by atoms with E-state index < -0.39 is 0 Å². The van der Waals surface area contributed by atoms with Crippen molar-refractivity contribution >= 4 is 5.91 Å². The molecule has 2 aromatic rings. The zero-order valence-corrected chi connectivity index (χ0v) is 13.2. The summed E-state index contributed by atoms with van der Waals surface area (Å²) in [5.41, 5.74) is 1.33. The number of amides is 1. The first-order valence-corrected chi connectivity index (χ1v) is 7.97. The second-order valence-electron chi connectivity index (χ2n) is 6.00. The van der Waals surface area contributed by atoms with E-state index in [1.807, 2.05) is 42.3 Å². The Labute approximate surface area is 131 Å². The molecule has 1 aromatic heterocycles. The second kappa shape index (κ2) is 6.34. The van der Waals surface area contributed by atoms with E-state index in [1.54, 1.807) is 6.92 Å². The number of benzene rings is 1. The summed E-state index contributed by atoms with van der Waals surface area (Å²) < 4.78 is 5.70. The van der Waals surface area contributed by atoms with Gasteiger partial charge in [-0.05, 0) is 31.9 Å². The summed E-state index contributed by atoms with van der Waals surface area (Å²) in [5.74, 6) is 1.07. The Morgan fingerprint density at radius 1 is 1.18 bits per heavy atom. The Hall–Kier alpha value is -2.10. The summed E-state index contributed by atoms with van der Waals surface area (Å²) in [6.45, 7) is 1.81. The van der Waals surface area contributed by atoms with Crippen LogP contribution in [0.1, 0.15) is 48.4 Å². The Morgan fingerprint density at radius 3 is 2.55 bits per heavy atom. The van der Waals surface area contributed by atoms with Gasteiger partial charge in [-0.15, -0.1) is 0 Å². The molecule has 0 unspecified atom stereocenters. The molecule has 1 aromatic carbocycles. The number of carbonyl (C=O) groups is 1. The molecule has 4 heteroatoms. The first-order valence-electron chi connectivity index (χ1n) is 7.97. The van der Waals surface area contributed by atoms with Crippen molar-refractivity contribution in [1.29, 1.82) is 0 Å². The minimum absolute atomic E-state index is 0.0321. The van der Waals surface area contributed by atoms with Crippen LogP contribution in [0, 0.1) is 6.92 Å². The lowest BCUT2D eigenvalue weighted by Gasteiger charge is -2.30. The van der Waals surface area contributed by atoms with E-state index in [0.717, 1.165) is 18.4 Å². The molecule has 0 N–H and O–H groups in total. The van der Waals surface area contributed by atoms with Crippen LogP contribution in [0.4, 0.5) is 0 Å². The van der Waals surface area contributed by atoms with Crippen molar-refractivity contribution in [2.75, 3.05) is 7.05 Å². The maximum atomic E-state index is 12.7. The van der Waals surface area contributed by atoms with Crippen molar-refractivity contribution < 1.29 is 9.21 Å². The van der Waals surface area contributed by atoms with Crippen molar-refractivity contribution in [3.8, 4) is 11.5 Å². The van der Waals surface area contributed by atoms with Crippen LogP contribution < -0.4 is 0 Å². The summed E-state index contributed by atoms with van der Waals surface area (Å²) in [4.78, 5) is 19.0. The van der Waals surface area contributed by atoms with Gasteiger partial charge in [-0.3, -0.25) is 4.79 Å². The van der Waals surface area contributed by atoms with Crippen molar-refractivity contribution in [2.24, 2.45) is 0 Å². The number of carbonyl (C=O) groups excluding carboxylic acids is 1. The fourth-order valence-electron chi connectivity index (χ4n) is 3.10. The van der Waals surface area contributed by atoms with Crippen molar-refractivity contribution in [1.82, 2.24) is 9.88 Å². The third kappa shape index (κ3) is 2.91. The number of nitrogens with zero attached hydrogens (tertiary/aromatic N) is 2. The van der Waals surface area contributed by atoms with Gasteiger partial charge in [-0.1, -0.05) is 37.5 Å². The average Bonchev–Trinajstić information content (AvgIpc) is 2.97. The highest BCUT2D eigenvalue weighted by atomic mass is 16.4. The lowest BCUT2D eigenvalue weighted by atomic mass is 9.94. The molecule has 0 atom stereocenters. The highest BCUT2D eigenvalue weighted by Gasteiger charge is 2.27. The first-order chi connectivity index (χ1) is 10.7. The third-order valence-electron chi connectivity index (χ3n) is 4.46. The summed E-state index contributed by atoms with van der Waals surface area (Å²) in [5, 5.41) is 0. The Bertz CT molecular complexity index is 642. The zero-order valence-electron chi connectivity index (χ0n) is 13.2.